The van der Waals surface area contributed by atoms with Crippen molar-refractivity contribution in [1.29, 1.82) is 0 Å². The van der Waals surface area contributed by atoms with Crippen molar-refractivity contribution in [1.82, 2.24) is 14.5 Å². The van der Waals surface area contributed by atoms with Crippen LogP contribution in [-0.2, 0) is 9.53 Å². The van der Waals surface area contributed by atoms with Crippen LogP contribution in [0, 0.1) is 5.92 Å². The van der Waals surface area contributed by atoms with Gasteiger partial charge in [0.25, 0.3) is 0 Å². The van der Waals surface area contributed by atoms with Crippen LogP contribution in [0.25, 0.3) is 0 Å². The Bertz CT molecular complexity index is 560. The van der Waals surface area contributed by atoms with Gasteiger partial charge in [-0.2, -0.15) is 0 Å². The number of hydrogen-bond donors (Lipinski definition) is 2. The zero-order valence-corrected chi connectivity index (χ0v) is 10.4. The van der Waals surface area contributed by atoms with Gasteiger partial charge >= 0.3 is 23.0 Å². The Balaban J connectivity index is 3.38. The van der Waals surface area contributed by atoms with Crippen LogP contribution in [0.5, 0.6) is 0 Å². The Morgan fingerprint density at radius 2 is 1.72 bits per heavy atom. The second-order valence-corrected chi connectivity index (χ2v) is 4.23. The van der Waals surface area contributed by atoms with Gasteiger partial charge in [0.1, 0.15) is 6.04 Å². The lowest BCUT2D eigenvalue weighted by Crippen LogP contribution is -2.47. The van der Waals surface area contributed by atoms with E-state index in [-0.39, 0.29) is 12.3 Å². The third-order valence-corrected chi connectivity index (χ3v) is 2.36. The van der Waals surface area contributed by atoms with Gasteiger partial charge in [-0.1, -0.05) is 13.8 Å². The summed E-state index contributed by atoms with van der Waals surface area (Å²) in [5.41, 5.74) is -2.77. The summed E-state index contributed by atoms with van der Waals surface area (Å²) in [4.78, 5) is 49.5. The second kappa shape index (κ2) is 5.48. The van der Waals surface area contributed by atoms with E-state index in [9.17, 15) is 19.2 Å². The molecule has 0 amide bonds. The number of esters is 1. The largest absolute Gasteiger partial charge is 0.467 e. The molecule has 1 aromatic heterocycles. The quantitative estimate of drug-likeness (QED) is 0.670. The molecule has 0 fully saturated rings. The molecule has 1 aromatic rings. The monoisotopic (exact) mass is 257 g/mol. The van der Waals surface area contributed by atoms with Crippen molar-refractivity contribution in [3.63, 3.8) is 0 Å². The molecule has 0 aliphatic carbocycles. The Labute approximate surface area is 102 Å². The van der Waals surface area contributed by atoms with E-state index in [0.717, 1.165) is 0 Å². The number of nitrogens with one attached hydrogen (secondary N) is 2. The summed E-state index contributed by atoms with van der Waals surface area (Å²) in [6, 6.07) is -1.05. The zero-order chi connectivity index (χ0) is 13.9. The molecule has 18 heavy (non-hydrogen) atoms. The molecular weight excluding hydrogens is 242 g/mol. The molecule has 0 unspecified atom stereocenters. The van der Waals surface area contributed by atoms with Crippen molar-refractivity contribution in [3.05, 3.63) is 31.5 Å². The summed E-state index contributed by atoms with van der Waals surface area (Å²) >= 11 is 0. The Hall–Kier alpha value is -2.12. The molecule has 1 rings (SSSR count). The molecular formula is C10H15N3O5. The van der Waals surface area contributed by atoms with Crippen molar-refractivity contribution in [2.75, 3.05) is 7.11 Å². The van der Waals surface area contributed by atoms with Crippen LogP contribution < -0.4 is 17.1 Å². The van der Waals surface area contributed by atoms with E-state index in [2.05, 4.69) is 4.74 Å². The highest BCUT2D eigenvalue weighted by Gasteiger charge is 2.25. The molecule has 0 bridgehead atoms. The number of ether oxygens (including phenoxy) is 1. The van der Waals surface area contributed by atoms with Gasteiger partial charge < -0.3 is 4.74 Å². The minimum absolute atomic E-state index is 0.0623. The van der Waals surface area contributed by atoms with Crippen LogP contribution in [-0.4, -0.2) is 27.6 Å². The number of aromatic amines is 2. The van der Waals surface area contributed by atoms with Gasteiger partial charge in [0, 0.05) is 0 Å². The molecule has 0 aliphatic rings. The number of H-pyrrole nitrogens is 2. The van der Waals surface area contributed by atoms with Crippen molar-refractivity contribution >= 4 is 5.97 Å². The van der Waals surface area contributed by atoms with E-state index in [1.807, 2.05) is 23.8 Å². The lowest BCUT2D eigenvalue weighted by molar-refractivity contribution is -0.145. The summed E-state index contributed by atoms with van der Waals surface area (Å²) in [7, 11) is 1.17. The van der Waals surface area contributed by atoms with Crippen LogP contribution in [0.1, 0.15) is 26.3 Å². The van der Waals surface area contributed by atoms with Crippen LogP contribution in [0.2, 0.25) is 0 Å². The van der Waals surface area contributed by atoms with Crippen LogP contribution in [0.15, 0.2) is 14.4 Å². The normalized spacial score (nSPS) is 12.4. The smallest absolute Gasteiger partial charge is 0.334 e. The van der Waals surface area contributed by atoms with Gasteiger partial charge in [-0.05, 0) is 12.3 Å². The SMILES string of the molecule is COC(=O)[C@H](CC(C)C)n1c(=O)[nH]c(=O)[nH]c1=O. The summed E-state index contributed by atoms with van der Waals surface area (Å²) in [5, 5.41) is 0. The van der Waals surface area contributed by atoms with Crippen molar-refractivity contribution in [2.24, 2.45) is 5.92 Å². The number of hydrogen-bond acceptors (Lipinski definition) is 5. The van der Waals surface area contributed by atoms with Gasteiger partial charge in [0.05, 0.1) is 7.11 Å². The first-order chi connectivity index (χ1) is 8.36. The minimum atomic E-state index is -1.05. The molecule has 0 saturated heterocycles. The van der Waals surface area contributed by atoms with Crippen LogP contribution in [0.4, 0.5) is 0 Å². The molecule has 0 spiro atoms. The minimum Gasteiger partial charge on any atom is -0.467 e. The van der Waals surface area contributed by atoms with E-state index < -0.39 is 29.1 Å². The molecule has 100 valence electrons. The summed E-state index contributed by atoms with van der Waals surface area (Å²) in [6.45, 7) is 3.67. The van der Waals surface area contributed by atoms with Crippen molar-refractivity contribution in [2.45, 2.75) is 26.3 Å². The lowest BCUT2D eigenvalue weighted by Gasteiger charge is -2.17. The van der Waals surface area contributed by atoms with Gasteiger partial charge in [-0.25, -0.2) is 23.7 Å². The van der Waals surface area contributed by atoms with E-state index >= 15 is 0 Å². The van der Waals surface area contributed by atoms with Crippen LogP contribution in [0.3, 0.4) is 0 Å². The van der Waals surface area contributed by atoms with Crippen LogP contribution >= 0.6 is 0 Å². The molecule has 0 saturated carbocycles. The Kier molecular flexibility index (Phi) is 4.24. The summed E-state index contributed by atoms with van der Waals surface area (Å²) in [6.07, 6.45) is 0.252. The molecule has 1 atom stereocenters. The second-order valence-electron chi connectivity index (χ2n) is 4.23. The highest BCUT2D eigenvalue weighted by Crippen LogP contribution is 2.15. The van der Waals surface area contributed by atoms with Gasteiger partial charge in [0.15, 0.2) is 0 Å². The van der Waals surface area contributed by atoms with E-state index in [1.54, 1.807) is 0 Å². The number of carbonyl (C=O) groups excluding carboxylic acids is 1. The molecule has 0 aromatic carbocycles. The number of carbonyl (C=O) groups is 1. The molecule has 0 aliphatic heterocycles. The summed E-state index contributed by atoms with van der Waals surface area (Å²) < 4.78 is 5.22. The van der Waals surface area contributed by atoms with Crippen molar-refractivity contribution in [3.8, 4) is 0 Å². The average Bonchev–Trinajstić information content (AvgIpc) is 2.24. The number of aromatic nitrogens is 3. The maximum absolute atomic E-state index is 11.6. The molecule has 2 N–H and O–H groups in total. The molecule has 8 heteroatoms. The molecule has 0 radical (unpaired) electrons. The first-order valence-electron chi connectivity index (χ1n) is 5.39. The fourth-order valence-corrected chi connectivity index (χ4v) is 1.61. The average molecular weight is 257 g/mol. The Morgan fingerprint density at radius 1 is 1.22 bits per heavy atom. The van der Waals surface area contributed by atoms with Gasteiger partial charge in [-0.3, -0.25) is 9.97 Å². The maximum atomic E-state index is 11.6. The predicted octanol–water partition coefficient (Wildman–Crippen LogP) is -1.01. The van der Waals surface area contributed by atoms with E-state index in [0.29, 0.717) is 4.57 Å². The summed E-state index contributed by atoms with van der Waals surface area (Å²) in [5.74, 6) is -0.643. The lowest BCUT2D eigenvalue weighted by atomic mass is 10.0. The van der Waals surface area contributed by atoms with E-state index in [1.165, 1.54) is 7.11 Å². The van der Waals surface area contributed by atoms with E-state index in [4.69, 9.17) is 0 Å². The number of nitrogens with zero attached hydrogens (tertiary/aromatic N) is 1. The predicted molar refractivity (Wildman–Crippen MR) is 62.5 cm³/mol. The van der Waals surface area contributed by atoms with Gasteiger partial charge in [-0.15, -0.1) is 0 Å². The fourth-order valence-electron chi connectivity index (χ4n) is 1.61. The highest BCUT2D eigenvalue weighted by atomic mass is 16.5. The highest BCUT2D eigenvalue weighted by molar-refractivity contribution is 5.73. The third kappa shape index (κ3) is 2.96. The topological polar surface area (TPSA) is 114 Å². The molecule has 1 heterocycles. The Morgan fingerprint density at radius 3 is 2.11 bits per heavy atom. The first-order valence-corrected chi connectivity index (χ1v) is 5.39. The fraction of sp³-hybridized carbons (Fsp3) is 0.600. The standard InChI is InChI=1S/C10H15N3O5/c1-5(2)4-6(7(14)18-3)13-9(16)11-8(15)12-10(13)17/h5-6H,4H2,1-3H3,(H2,11,12,15,16,17)/t6-/m0/s1. The first kappa shape index (κ1) is 13.9. The number of rotatable bonds is 4. The third-order valence-electron chi connectivity index (χ3n) is 2.36. The zero-order valence-electron chi connectivity index (χ0n) is 10.4. The van der Waals surface area contributed by atoms with Crippen molar-refractivity contribution < 1.29 is 9.53 Å². The van der Waals surface area contributed by atoms with Gasteiger partial charge in [0.2, 0.25) is 0 Å². The number of methoxy groups -OCH3 is 1. The maximum Gasteiger partial charge on any atom is 0.334 e. The molecule has 8 nitrogen and oxygen atoms in total.